The number of fused-ring (bicyclic) bond motifs is 1. The van der Waals surface area contributed by atoms with Gasteiger partial charge in [-0.25, -0.2) is 8.42 Å². The van der Waals surface area contributed by atoms with Crippen LogP contribution in [0.2, 0.25) is 0 Å². The van der Waals surface area contributed by atoms with Crippen LogP contribution in [0.5, 0.6) is 0 Å². The van der Waals surface area contributed by atoms with Crippen LogP contribution in [0.25, 0.3) is 0 Å². The van der Waals surface area contributed by atoms with Gasteiger partial charge in [0.05, 0.1) is 11.5 Å². The maximum Gasteiger partial charge on any atom is 0.243 e. The normalized spacial score (nSPS) is 26.2. The van der Waals surface area contributed by atoms with Crippen molar-refractivity contribution in [2.45, 2.75) is 37.7 Å². The Morgan fingerprint density at radius 2 is 1.90 bits per heavy atom. The topological polar surface area (TPSA) is 57.6 Å². The number of aliphatic hydroxyl groups is 1. The van der Waals surface area contributed by atoms with Crippen molar-refractivity contribution in [1.29, 1.82) is 0 Å². The lowest BCUT2D eigenvalue weighted by Crippen LogP contribution is -2.30. The molecular formula is C15H20BrNO3S. The Hall–Kier alpha value is -0.430. The third kappa shape index (κ3) is 2.67. The lowest BCUT2D eigenvalue weighted by atomic mass is 10.0. The molecule has 0 aromatic heterocycles. The molecule has 2 fully saturated rings. The molecule has 1 heterocycles. The zero-order valence-electron chi connectivity index (χ0n) is 12.0. The van der Waals surface area contributed by atoms with E-state index in [0.717, 1.165) is 17.3 Å². The smallest absolute Gasteiger partial charge is 0.243 e. The van der Waals surface area contributed by atoms with E-state index in [2.05, 4.69) is 15.9 Å². The average Bonchev–Trinajstić information content (AvgIpc) is 3.02. The maximum atomic E-state index is 12.9. The highest BCUT2D eigenvalue weighted by Crippen LogP contribution is 2.40. The molecule has 21 heavy (non-hydrogen) atoms. The molecule has 0 spiro atoms. The Morgan fingerprint density at radius 1 is 1.29 bits per heavy atom. The van der Waals surface area contributed by atoms with Crippen molar-refractivity contribution in [3.8, 4) is 0 Å². The second-order valence-corrected chi connectivity index (χ2v) is 8.89. The summed E-state index contributed by atoms with van der Waals surface area (Å²) < 4.78 is 28.2. The van der Waals surface area contributed by atoms with E-state index in [4.69, 9.17) is 0 Å². The van der Waals surface area contributed by atoms with Crippen LogP contribution in [-0.4, -0.2) is 30.9 Å². The van der Waals surface area contributed by atoms with Crippen LogP contribution in [0.3, 0.4) is 0 Å². The van der Waals surface area contributed by atoms with Crippen LogP contribution >= 0.6 is 15.9 Å². The van der Waals surface area contributed by atoms with Crippen molar-refractivity contribution in [3.63, 3.8) is 0 Å². The van der Waals surface area contributed by atoms with Gasteiger partial charge in [-0.05, 0) is 54.9 Å². The molecule has 0 radical (unpaired) electrons. The van der Waals surface area contributed by atoms with E-state index in [-0.39, 0.29) is 6.61 Å². The molecule has 2 aliphatic rings. The number of benzene rings is 1. The Kier molecular flexibility index (Phi) is 4.16. The first-order chi connectivity index (χ1) is 9.93. The van der Waals surface area contributed by atoms with E-state index < -0.39 is 10.0 Å². The first-order valence-electron chi connectivity index (χ1n) is 7.33. The molecule has 1 saturated carbocycles. The van der Waals surface area contributed by atoms with Gasteiger partial charge >= 0.3 is 0 Å². The van der Waals surface area contributed by atoms with Crippen molar-refractivity contribution in [1.82, 2.24) is 4.31 Å². The summed E-state index contributed by atoms with van der Waals surface area (Å²) in [7, 11) is -3.47. The number of hydrogen-bond acceptors (Lipinski definition) is 3. The predicted molar refractivity (Wildman–Crippen MR) is 84.4 cm³/mol. The molecule has 4 nitrogen and oxygen atoms in total. The Balaban J connectivity index is 1.97. The summed E-state index contributed by atoms with van der Waals surface area (Å²) in [5, 5.41) is 9.31. The molecule has 2 atom stereocenters. The fraction of sp³-hybridized carbons (Fsp3) is 0.600. The van der Waals surface area contributed by atoms with Gasteiger partial charge in [0.25, 0.3) is 0 Å². The zero-order chi connectivity index (χ0) is 15.2. The molecule has 116 valence electrons. The number of halogens is 1. The molecule has 6 heteroatoms. The summed E-state index contributed by atoms with van der Waals surface area (Å²) in [6.07, 6.45) is 3.53. The average molecular weight is 374 g/mol. The quantitative estimate of drug-likeness (QED) is 0.885. The predicted octanol–water partition coefficient (Wildman–Crippen LogP) is 2.67. The molecule has 0 amide bonds. The molecule has 1 aromatic rings. The first kappa shape index (κ1) is 15.5. The summed E-state index contributed by atoms with van der Waals surface area (Å²) in [6.45, 7) is 2.93. The standard InChI is InChI=1S/C15H20BrNO3S/c1-10-14(16)5-11(9-18)6-15(10)21(19,20)17-7-12-3-2-4-13(12)8-17/h5-6,12-13,18H,2-4,7-9H2,1H3. The Morgan fingerprint density at radius 3 is 2.48 bits per heavy atom. The second kappa shape index (κ2) is 5.65. The molecule has 1 saturated heterocycles. The zero-order valence-corrected chi connectivity index (χ0v) is 14.5. The first-order valence-corrected chi connectivity index (χ1v) is 9.57. The third-order valence-corrected chi connectivity index (χ3v) is 7.63. The molecule has 1 aliphatic heterocycles. The molecular weight excluding hydrogens is 354 g/mol. The minimum atomic E-state index is -3.47. The fourth-order valence-corrected chi connectivity index (χ4v) is 6.08. The lowest BCUT2D eigenvalue weighted by Gasteiger charge is -2.20. The van der Waals surface area contributed by atoms with Crippen LogP contribution in [0, 0.1) is 18.8 Å². The molecule has 2 unspecified atom stereocenters. The Bertz CT molecular complexity index is 647. The molecule has 1 N–H and O–H groups in total. The van der Waals surface area contributed by atoms with Gasteiger partial charge in [0, 0.05) is 17.6 Å². The number of rotatable bonds is 3. The summed E-state index contributed by atoms with van der Waals surface area (Å²) in [6, 6.07) is 3.37. The highest BCUT2D eigenvalue weighted by atomic mass is 79.9. The second-order valence-electron chi connectivity index (χ2n) is 6.13. The summed E-state index contributed by atoms with van der Waals surface area (Å²) in [5.41, 5.74) is 1.33. The maximum absolute atomic E-state index is 12.9. The third-order valence-electron chi connectivity index (χ3n) is 4.85. The van der Waals surface area contributed by atoms with Crippen LogP contribution in [0.15, 0.2) is 21.5 Å². The number of hydrogen-bond donors (Lipinski definition) is 1. The van der Waals surface area contributed by atoms with Gasteiger partial charge in [-0.15, -0.1) is 0 Å². The van der Waals surface area contributed by atoms with Gasteiger partial charge in [0.15, 0.2) is 0 Å². The fourth-order valence-electron chi connectivity index (χ4n) is 3.59. The van der Waals surface area contributed by atoms with Gasteiger partial charge in [0.2, 0.25) is 10.0 Å². The van der Waals surface area contributed by atoms with Gasteiger partial charge in [-0.2, -0.15) is 4.31 Å². The SMILES string of the molecule is Cc1c(Br)cc(CO)cc1S(=O)(=O)N1CC2CCCC2C1. The molecule has 1 aromatic carbocycles. The van der Waals surface area contributed by atoms with Crippen molar-refractivity contribution in [2.75, 3.05) is 13.1 Å². The monoisotopic (exact) mass is 373 g/mol. The summed E-state index contributed by atoms with van der Waals surface area (Å²) >= 11 is 3.39. The minimum Gasteiger partial charge on any atom is -0.392 e. The van der Waals surface area contributed by atoms with E-state index in [1.165, 1.54) is 6.42 Å². The number of aliphatic hydroxyl groups excluding tert-OH is 1. The summed E-state index contributed by atoms with van der Waals surface area (Å²) in [5.74, 6) is 1.06. The minimum absolute atomic E-state index is 0.160. The van der Waals surface area contributed by atoms with E-state index in [9.17, 15) is 13.5 Å². The van der Waals surface area contributed by atoms with Gasteiger partial charge in [-0.3, -0.25) is 0 Å². The van der Waals surface area contributed by atoms with E-state index in [1.54, 1.807) is 23.4 Å². The Labute approximate surface area is 134 Å². The molecule has 1 aliphatic carbocycles. The highest BCUT2D eigenvalue weighted by molar-refractivity contribution is 9.10. The molecule has 3 rings (SSSR count). The van der Waals surface area contributed by atoms with E-state index in [0.29, 0.717) is 40.9 Å². The van der Waals surface area contributed by atoms with Crippen molar-refractivity contribution < 1.29 is 13.5 Å². The van der Waals surface area contributed by atoms with Gasteiger partial charge in [-0.1, -0.05) is 22.4 Å². The largest absolute Gasteiger partial charge is 0.392 e. The van der Waals surface area contributed by atoms with E-state index in [1.807, 2.05) is 0 Å². The van der Waals surface area contributed by atoms with Gasteiger partial charge in [0.1, 0.15) is 0 Å². The summed E-state index contributed by atoms with van der Waals surface area (Å²) in [4.78, 5) is 0.320. The van der Waals surface area contributed by atoms with Crippen molar-refractivity contribution in [2.24, 2.45) is 11.8 Å². The lowest BCUT2D eigenvalue weighted by molar-refractivity contribution is 0.281. The van der Waals surface area contributed by atoms with Crippen molar-refractivity contribution >= 4 is 26.0 Å². The van der Waals surface area contributed by atoms with Crippen molar-refractivity contribution in [3.05, 3.63) is 27.7 Å². The van der Waals surface area contributed by atoms with Crippen LogP contribution in [0.1, 0.15) is 30.4 Å². The van der Waals surface area contributed by atoms with Crippen LogP contribution < -0.4 is 0 Å². The van der Waals surface area contributed by atoms with Crippen LogP contribution in [-0.2, 0) is 16.6 Å². The highest BCUT2D eigenvalue weighted by Gasteiger charge is 2.41. The molecule has 0 bridgehead atoms. The number of nitrogens with zero attached hydrogens (tertiary/aromatic N) is 1. The van der Waals surface area contributed by atoms with E-state index >= 15 is 0 Å². The van der Waals surface area contributed by atoms with Gasteiger partial charge < -0.3 is 5.11 Å². The number of sulfonamides is 1. The van der Waals surface area contributed by atoms with Crippen LogP contribution in [0.4, 0.5) is 0 Å².